The number of hydrogen-bond acceptors (Lipinski definition) is 5. The second-order valence-corrected chi connectivity index (χ2v) is 3.54. The van der Waals surface area contributed by atoms with Gasteiger partial charge < -0.3 is 15.8 Å². The van der Waals surface area contributed by atoms with Crippen LogP contribution in [0.25, 0.3) is 0 Å². The zero-order valence-electron chi connectivity index (χ0n) is 8.93. The van der Waals surface area contributed by atoms with E-state index in [1.54, 1.807) is 0 Å². The van der Waals surface area contributed by atoms with Crippen LogP contribution in [0.5, 0.6) is 0 Å². The number of benzene rings is 1. The molecule has 2 N–H and O–H groups in total. The van der Waals surface area contributed by atoms with Crippen LogP contribution in [-0.2, 0) is 6.54 Å². The number of rotatable bonds is 4. The third kappa shape index (κ3) is 2.64. The number of aromatic nitrogens is 3. The van der Waals surface area contributed by atoms with Crippen LogP contribution < -0.4 is 5.73 Å². The summed E-state index contributed by atoms with van der Waals surface area (Å²) in [5, 5.41) is 14.1. The number of nitrogens with two attached hydrogens (primary N) is 1. The lowest BCUT2D eigenvalue weighted by Crippen LogP contribution is -2.17. The molecule has 1 aromatic heterocycles. The summed E-state index contributed by atoms with van der Waals surface area (Å²) >= 11 is 0. The molecule has 2 rings (SSSR count). The summed E-state index contributed by atoms with van der Waals surface area (Å²) in [6.45, 7) is 0.352. The lowest BCUT2D eigenvalue weighted by molar-refractivity contribution is -0.394. The van der Waals surface area contributed by atoms with Gasteiger partial charge in [0.15, 0.2) is 0 Å². The molecular weight excluding hydrogens is 222 g/mol. The second-order valence-electron chi connectivity index (χ2n) is 3.54. The molecule has 1 heterocycles. The van der Waals surface area contributed by atoms with Crippen LogP contribution in [0.15, 0.2) is 36.7 Å². The average molecular weight is 233 g/mol. The Kier molecular flexibility index (Phi) is 3.10. The van der Waals surface area contributed by atoms with E-state index in [4.69, 9.17) is 5.73 Å². The summed E-state index contributed by atoms with van der Waals surface area (Å²) in [4.78, 5) is 13.3. The molecule has 1 atom stereocenters. The van der Waals surface area contributed by atoms with Crippen LogP contribution in [0.3, 0.4) is 0 Å². The first-order valence-electron chi connectivity index (χ1n) is 5.01. The van der Waals surface area contributed by atoms with Crippen molar-refractivity contribution in [3.05, 3.63) is 52.3 Å². The van der Waals surface area contributed by atoms with Crippen molar-refractivity contribution in [2.45, 2.75) is 12.6 Å². The van der Waals surface area contributed by atoms with E-state index in [-0.39, 0.29) is 6.04 Å². The van der Waals surface area contributed by atoms with Crippen molar-refractivity contribution >= 4 is 5.95 Å². The highest BCUT2D eigenvalue weighted by atomic mass is 16.6. The van der Waals surface area contributed by atoms with Gasteiger partial charge in [-0.15, -0.1) is 0 Å². The topological polar surface area (TPSA) is 99.9 Å². The minimum Gasteiger partial charge on any atom is -0.390 e. The lowest BCUT2D eigenvalue weighted by atomic mass is 10.1. The molecule has 0 aliphatic carbocycles. The zero-order valence-corrected chi connectivity index (χ0v) is 8.93. The molecule has 0 amide bonds. The van der Waals surface area contributed by atoms with E-state index >= 15 is 0 Å². The van der Waals surface area contributed by atoms with Crippen LogP contribution in [0.1, 0.15) is 11.6 Å². The van der Waals surface area contributed by atoms with Crippen molar-refractivity contribution in [2.24, 2.45) is 5.73 Å². The first-order valence-corrected chi connectivity index (χ1v) is 5.01. The van der Waals surface area contributed by atoms with Crippen LogP contribution >= 0.6 is 0 Å². The van der Waals surface area contributed by atoms with Crippen LogP contribution in [-0.4, -0.2) is 19.7 Å². The maximum Gasteiger partial charge on any atom is 0.490 e. The van der Waals surface area contributed by atoms with Crippen LogP contribution in [0, 0.1) is 10.1 Å². The monoisotopic (exact) mass is 233 g/mol. The van der Waals surface area contributed by atoms with Crippen LogP contribution in [0.4, 0.5) is 5.95 Å². The maximum atomic E-state index is 10.4. The smallest absolute Gasteiger partial charge is 0.390 e. The van der Waals surface area contributed by atoms with E-state index < -0.39 is 10.9 Å². The summed E-state index contributed by atoms with van der Waals surface area (Å²) in [7, 11) is 0. The average Bonchev–Trinajstić information content (AvgIpc) is 2.79. The van der Waals surface area contributed by atoms with Gasteiger partial charge in [-0.3, -0.25) is 0 Å². The van der Waals surface area contributed by atoms with Crippen LogP contribution in [0.2, 0.25) is 0 Å². The third-order valence-electron chi connectivity index (χ3n) is 2.30. The predicted molar refractivity (Wildman–Crippen MR) is 60.0 cm³/mol. The van der Waals surface area contributed by atoms with E-state index in [0.717, 1.165) is 5.56 Å². The first kappa shape index (κ1) is 11.2. The molecule has 7 nitrogen and oxygen atoms in total. The van der Waals surface area contributed by atoms with Gasteiger partial charge in [-0.25, -0.2) is 0 Å². The fourth-order valence-corrected chi connectivity index (χ4v) is 1.46. The molecule has 0 fully saturated rings. The molecule has 0 aliphatic heterocycles. The van der Waals surface area contributed by atoms with Gasteiger partial charge in [-0.2, -0.15) is 4.68 Å². The zero-order chi connectivity index (χ0) is 12.3. The predicted octanol–water partition coefficient (Wildman–Crippen LogP) is 0.886. The molecular formula is C10H11N5O2. The molecule has 17 heavy (non-hydrogen) atoms. The highest BCUT2D eigenvalue weighted by molar-refractivity contribution is 5.18. The molecule has 0 bridgehead atoms. The number of nitrogens with zero attached hydrogens (tertiary/aromatic N) is 4. The summed E-state index contributed by atoms with van der Waals surface area (Å²) in [6, 6.07) is 9.21. The molecule has 7 heteroatoms. The van der Waals surface area contributed by atoms with Gasteiger partial charge in [0.1, 0.15) is 0 Å². The lowest BCUT2D eigenvalue weighted by Gasteiger charge is -2.09. The Morgan fingerprint density at radius 1 is 1.41 bits per heavy atom. The highest BCUT2D eigenvalue weighted by Crippen LogP contribution is 2.11. The highest BCUT2D eigenvalue weighted by Gasteiger charge is 2.15. The molecule has 1 aromatic carbocycles. The summed E-state index contributed by atoms with van der Waals surface area (Å²) in [6.07, 6.45) is 1.31. The van der Waals surface area contributed by atoms with Gasteiger partial charge in [0.25, 0.3) is 0 Å². The Morgan fingerprint density at radius 3 is 2.71 bits per heavy atom. The third-order valence-corrected chi connectivity index (χ3v) is 2.30. The van der Waals surface area contributed by atoms with Crippen molar-refractivity contribution in [1.29, 1.82) is 0 Å². The summed E-state index contributed by atoms with van der Waals surface area (Å²) in [5.74, 6) is -0.412. The Labute approximate surface area is 97.0 Å². The van der Waals surface area contributed by atoms with Gasteiger partial charge in [-0.05, 0) is 10.5 Å². The summed E-state index contributed by atoms with van der Waals surface area (Å²) in [5.41, 5.74) is 6.90. The van der Waals surface area contributed by atoms with Gasteiger partial charge in [0, 0.05) is 5.10 Å². The Hall–Kier alpha value is -2.28. The van der Waals surface area contributed by atoms with Crippen molar-refractivity contribution in [3.8, 4) is 0 Å². The van der Waals surface area contributed by atoms with E-state index in [2.05, 4.69) is 10.1 Å². The molecule has 2 aromatic rings. The minimum absolute atomic E-state index is 0.266. The fourth-order valence-electron chi connectivity index (χ4n) is 1.46. The minimum atomic E-state index is -0.634. The fraction of sp³-hybridized carbons (Fsp3) is 0.200. The molecule has 0 aliphatic rings. The van der Waals surface area contributed by atoms with Crippen molar-refractivity contribution in [2.75, 3.05) is 0 Å². The van der Waals surface area contributed by atoms with Crippen molar-refractivity contribution in [1.82, 2.24) is 14.8 Å². The van der Waals surface area contributed by atoms with Crippen molar-refractivity contribution < 1.29 is 4.92 Å². The van der Waals surface area contributed by atoms with Gasteiger partial charge in [0.05, 0.1) is 12.6 Å². The normalized spacial score (nSPS) is 12.3. The standard InChI is InChI=1S/C10H11N5O2/c11-9(8-4-2-1-3-5-8)6-14-7-12-10(13-14)15(16)17/h1-5,7,9H,6,11H2. The molecule has 0 radical (unpaired) electrons. The first-order chi connectivity index (χ1) is 8.16. The molecule has 88 valence electrons. The van der Waals surface area contributed by atoms with Gasteiger partial charge in [0.2, 0.25) is 6.33 Å². The van der Waals surface area contributed by atoms with E-state index in [0.29, 0.717) is 6.54 Å². The Balaban J connectivity index is 2.08. The van der Waals surface area contributed by atoms with E-state index in [1.807, 2.05) is 30.3 Å². The second kappa shape index (κ2) is 4.71. The van der Waals surface area contributed by atoms with Gasteiger partial charge in [-0.1, -0.05) is 35.3 Å². The quantitative estimate of drug-likeness (QED) is 0.624. The molecule has 0 saturated carbocycles. The summed E-state index contributed by atoms with van der Waals surface area (Å²) < 4.78 is 1.37. The Morgan fingerprint density at radius 2 is 2.12 bits per heavy atom. The number of hydrogen-bond donors (Lipinski definition) is 1. The van der Waals surface area contributed by atoms with E-state index in [9.17, 15) is 10.1 Å². The van der Waals surface area contributed by atoms with Crippen molar-refractivity contribution in [3.63, 3.8) is 0 Å². The van der Waals surface area contributed by atoms with E-state index in [1.165, 1.54) is 11.0 Å². The van der Waals surface area contributed by atoms with Gasteiger partial charge >= 0.3 is 5.95 Å². The largest absolute Gasteiger partial charge is 0.490 e. The molecule has 0 saturated heterocycles. The SMILES string of the molecule is NC(Cn1cnc([N+](=O)[O-])n1)c1ccccc1. The molecule has 1 unspecified atom stereocenters. The Bertz CT molecular complexity index is 510. The molecule has 0 spiro atoms. The maximum absolute atomic E-state index is 10.4. The number of nitro groups is 1.